The molecule has 19 heavy (non-hydrogen) atoms. The summed E-state index contributed by atoms with van der Waals surface area (Å²) in [6.45, 7) is 3.57. The highest BCUT2D eigenvalue weighted by Crippen LogP contribution is 2.29. The van der Waals surface area contributed by atoms with Crippen molar-refractivity contribution in [2.45, 2.75) is 13.8 Å². The zero-order valence-electron chi connectivity index (χ0n) is 10.8. The summed E-state index contributed by atoms with van der Waals surface area (Å²) in [7, 11) is 1.49. The largest absolute Gasteiger partial charge is 0.358 e. The van der Waals surface area contributed by atoms with E-state index < -0.39 is 4.92 Å². The molecule has 0 spiro atoms. The highest BCUT2D eigenvalue weighted by molar-refractivity contribution is 6.28. The molecule has 0 aliphatic rings. The minimum Gasteiger partial charge on any atom is -0.358 e. The zero-order chi connectivity index (χ0) is 14.6. The summed E-state index contributed by atoms with van der Waals surface area (Å²) >= 11 is 5.73. The molecule has 0 radical (unpaired) electrons. The number of carbonyl (C=O) groups is 1. The number of aryl methyl sites for hydroxylation is 1. The van der Waals surface area contributed by atoms with Gasteiger partial charge in [0.25, 0.3) is 0 Å². The first-order chi connectivity index (χ1) is 8.90. The number of nitro groups is 1. The first-order valence-corrected chi connectivity index (χ1v) is 5.92. The monoisotopic (exact) mass is 287 g/mol. The van der Waals surface area contributed by atoms with Crippen molar-refractivity contribution >= 4 is 29.0 Å². The van der Waals surface area contributed by atoms with Crippen LogP contribution >= 0.6 is 11.6 Å². The number of aromatic nitrogens is 2. The van der Waals surface area contributed by atoms with Gasteiger partial charge in [-0.1, -0.05) is 0 Å². The Morgan fingerprint density at radius 3 is 2.63 bits per heavy atom. The molecular formula is C10H14ClN5O3. The van der Waals surface area contributed by atoms with Gasteiger partial charge in [-0.15, -0.1) is 0 Å². The van der Waals surface area contributed by atoms with Gasteiger partial charge in [0.2, 0.25) is 17.0 Å². The molecule has 0 aliphatic heterocycles. The SMILES string of the molecule is CCN(CC(=O)NC)c1nc(Cl)nc(C)c1[N+](=O)[O-]. The van der Waals surface area contributed by atoms with Crippen molar-refractivity contribution in [3.63, 3.8) is 0 Å². The number of likely N-dealkylation sites (N-methyl/N-ethyl adjacent to an activating group) is 2. The van der Waals surface area contributed by atoms with Crippen molar-refractivity contribution in [1.82, 2.24) is 15.3 Å². The fourth-order valence-corrected chi connectivity index (χ4v) is 1.75. The quantitative estimate of drug-likeness (QED) is 0.491. The maximum atomic E-state index is 11.4. The lowest BCUT2D eigenvalue weighted by Crippen LogP contribution is -2.36. The average Bonchev–Trinajstić information content (AvgIpc) is 2.33. The molecule has 0 bridgehead atoms. The van der Waals surface area contributed by atoms with Crippen LogP contribution in [0.1, 0.15) is 12.6 Å². The molecule has 0 saturated heterocycles. The minimum absolute atomic E-state index is 0.0410. The standard InChI is InChI=1S/C10H14ClN5O3/c1-4-15(5-7(17)12-3)9-8(16(18)19)6(2)13-10(11)14-9/h4-5H2,1-3H3,(H,12,17). The van der Waals surface area contributed by atoms with E-state index in [0.29, 0.717) is 6.54 Å². The third-order valence-electron chi connectivity index (χ3n) is 2.49. The Labute approximate surface area is 114 Å². The number of halogens is 1. The van der Waals surface area contributed by atoms with Crippen LogP contribution in [0.2, 0.25) is 5.28 Å². The molecule has 0 aromatic carbocycles. The number of amides is 1. The van der Waals surface area contributed by atoms with Crippen LogP contribution in [0, 0.1) is 17.0 Å². The Hall–Kier alpha value is -1.96. The summed E-state index contributed by atoms with van der Waals surface area (Å²) in [4.78, 5) is 31.0. The highest BCUT2D eigenvalue weighted by atomic mass is 35.5. The first kappa shape index (κ1) is 15.1. The van der Waals surface area contributed by atoms with E-state index in [1.807, 2.05) is 0 Å². The van der Waals surface area contributed by atoms with Crippen LogP contribution in [-0.2, 0) is 4.79 Å². The number of hydrogen-bond donors (Lipinski definition) is 1. The molecule has 0 unspecified atom stereocenters. The van der Waals surface area contributed by atoms with Crippen LogP contribution in [0.15, 0.2) is 0 Å². The fraction of sp³-hybridized carbons (Fsp3) is 0.500. The molecule has 1 amide bonds. The average molecular weight is 288 g/mol. The molecule has 0 atom stereocenters. The summed E-state index contributed by atoms with van der Waals surface area (Å²) in [6.07, 6.45) is 0. The fourth-order valence-electron chi connectivity index (χ4n) is 1.54. The van der Waals surface area contributed by atoms with Crippen molar-refractivity contribution in [3.8, 4) is 0 Å². The predicted octanol–water partition coefficient (Wildman–Crippen LogP) is 0.919. The van der Waals surface area contributed by atoms with Gasteiger partial charge >= 0.3 is 5.69 Å². The van der Waals surface area contributed by atoms with Gasteiger partial charge in [0, 0.05) is 13.6 Å². The van der Waals surface area contributed by atoms with Crippen molar-refractivity contribution in [2.24, 2.45) is 0 Å². The molecule has 0 saturated carbocycles. The molecule has 8 nitrogen and oxygen atoms in total. The summed E-state index contributed by atoms with van der Waals surface area (Å²) in [6, 6.07) is 0. The molecule has 104 valence electrons. The maximum Gasteiger partial charge on any atom is 0.332 e. The van der Waals surface area contributed by atoms with E-state index >= 15 is 0 Å². The van der Waals surface area contributed by atoms with Crippen LogP contribution in [0.3, 0.4) is 0 Å². The summed E-state index contributed by atoms with van der Waals surface area (Å²) < 4.78 is 0. The van der Waals surface area contributed by atoms with Gasteiger partial charge in [0.15, 0.2) is 0 Å². The predicted molar refractivity (Wildman–Crippen MR) is 70.4 cm³/mol. The number of carbonyl (C=O) groups excluding carboxylic acids is 1. The Morgan fingerprint density at radius 2 is 2.16 bits per heavy atom. The van der Waals surface area contributed by atoms with Crippen LogP contribution in [-0.4, -0.2) is 40.9 Å². The molecule has 1 heterocycles. The molecule has 0 fully saturated rings. The lowest BCUT2D eigenvalue weighted by molar-refractivity contribution is -0.385. The highest BCUT2D eigenvalue weighted by Gasteiger charge is 2.26. The normalized spacial score (nSPS) is 10.1. The molecule has 0 aliphatic carbocycles. The third kappa shape index (κ3) is 3.50. The van der Waals surface area contributed by atoms with Gasteiger partial charge < -0.3 is 10.2 Å². The molecule has 1 rings (SSSR count). The van der Waals surface area contributed by atoms with Gasteiger partial charge in [-0.3, -0.25) is 14.9 Å². The second-order valence-electron chi connectivity index (χ2n) is 3.69. The van der Waals surface area contributed by atoms with Crippen molar-refractivity contribution in [2.75, 3.05) is 25.0 Å². The number of nitrogens with zero attached hydrogens (tertiary/aromatic N) is 4. The second-order valence-corrected chi connectivity index (χ2v) is 4.03. The lowest BCUT2D eigenvalue weighted by atomic mass is 10.3. The molecule has 1 aromatic rings. The van der Waals surface area contributed by atoms with Gasteiger partial charge in [-0.05, 0) is 25.4 Å². The van der Waals surface area contributed by atoms with Gasteiger partial charge in [0.05, 0.1) is 11.5 Å². The summed E-state index contributed by atoms with van der Waals surface area (Å²) in [5.41, 5.74) is -0.0782. The Kier molecular flexibility index (Phi) is 4.99. The summed E-state index contributed by atoms with van der Waals surface area (Å²) in [5, 5.41) is 13.4. The number of rotatable bonds is 5. The van der Waals surface area contributed by atoms with E-state index in [2.05, 4.69) is 15.3 Å². The molecule has 9 heteroatoms. The Bertz CT molecular complexity index is 508. The number of anilines is 1. The van der Waals surface area contributed by atoms with E-state index in [4.69, 9.17) is 11.6 Å². The van der Waals surface area contributed by atoms with Gasteiger partial charge in [-0.25, -0.2) is 4.98 Å². The van der Waals surface area contributed by atoms with Crippen molar-refractivity contribution in [1.29, 1.82) is 0 Å². The number of nitrogens with one attached hydrogen (secondary N) is 1. The molecule has 1 N–H and O–H groups in total. The smallest absolute Gasteiger partial charge is 0.332 e. The van der Waals surface area contributed by atoms with Gasteiger partial charge in [-0.2, -0.15) is 4.98 Å². The topological polar surface area (TPSA) is 101 Å². The van der Waals surface area contributed by atoms with Crippen LogP contribution in [0.5, 0.6) is 0 Å². The van der Waals surface area contributed by atoms with E-state index in [-0.39, 0.29) is 34.9 Å². The van der Waals surface area contributed by atoms with Crippen LogP contribution in [0.4, 0.5) is 11.5 Å². The summed E-state index contributed by atoms with van der Waals surface area (Å²) in [5.74, 6) is -0.225. The van der Waals surface area contributed by atoms with Gasteiger partial charge in [0.1, 0.15) is 5.69 Å². The first-order valence-electron chi connectivity index (χ1n) is 5.54. The van der Waals surface area contributed by atoms with E-state index in [0.717, 1.165) is 0 Å². The van der Waals surface area contributed by atoms with Crippen molar-refractivity contribution < 1.29 is 9.72 Å². The van der Waals surface area contributed by atoms with Crippen molar-refractivity contribution in [3.05, 3.63) is 21.1 Å². The number of hydrogen-bond acceptors (Lipinski definition) is 6. The minimum atomic E-state index is -0.576. The Morgan fingerprint density at radius 1 is 1.53 bits per heavy atom. The maximum absolute atomic E-state index is 11.4. The molecule has 1 aromatic heterocycles. The van der Waals surface area contributed by atoms with E-state index in [1.165, 1.54) is 18.9 Å². The molecular weight excluding hydrogens is 274 g/mol. The second kappa shape index (κ2) is 6.28. The van der Waals surface area contributed by atoms with E-state index in [1.54, 1.807) is 6.92 Å². The Balaban J connectivity index is 3.29. The zero-order valence-corrected chi connectivity index (χ0v) is 11.6. The van der Waals surface area contributed by atoms with Crippen LogP contribution in [0.25, 0.3) is 0 Å². The lowest BCUT2D eigenvalue weighted by Gasteiger charge is -2.20. The van der Waals surface area contributed by atoms with Crippen LogP contribution < -0.4 is 10.2 Å². The third-order valence-corrected chi connectivity index (χ3v) is 2.66. The van der Waals surface area contributed by atoms with E-state index in [9.17, 15) is 14.9 Å².